The van der Waals surface area contributed by atoms with E-state index in [-0.39, 0.29) is 24.4 Å². The number of benzene rings is 1. The number of hydrogen-bond donors (Lipinski definition) is 2. The molecule has 0 saturated carbocycles. The third-order valence-corrected chi connectivity index (χ3v) is 6.48. The molecule has 8 heteroatoms. The Kier molecular flexibility index (Phi) is 5.62. The van der Waals surface area contributed by atoms with Crippen molar-refractivity contribution in [3.63, 3.8) is 0 Å². The lowest BCUT2D eigenvalue weighted by Crippen LogP contribution is -2.50. The van der Waals surface area contributed by atoms with Gasteiger partial charge in [0.15, 0.2) is 0 Å². The minimum Gasteiger partial charge on any atom is -0.464 e. The molecule has 4 heterocycles. The van der Waals surface area contributed by atoms with Gasteiger partial charge in [-0.15, -0.1) is 12.4 Å². The Morgan fingerprint density at radius 1 is 1.13 bits per heavy atom. The number of aromatic nitrogens is 1. The van der Waals surface area contributed by atoms with Gasteiger partial charge in [-0.3, -0.25) is 9.59 Å². The summed E-state index contributed by atoms with van der Waals surface area (Å²) in [4.78, 5) is 31.1. The van der Waals surface area contributed by atoms with Crippen LogP contribution in [0.1, 0.15) is 52.0 Å². The molecular weight excluding hydrogens is 416 g/mol. The van der Waals surface area contributed by atoms with Crippen LogP contribution in [0.25, 0.3) is 11.0 Å². The van der Waals surface area contributed by atoms with Crippen molar-refractivity contribution in [1.82, 2.24) is 10.3 Å². The van der Waals surface area contributed by atoms with Crippen LogP contribution < -0.4 is 16.0 Å². The summed E-state index contributed by atoms with van der Waals surface area (Å²) in [6.07, 6.45) is 7.10. The Labute approximate surface area is 186 Å². The monoisotopic (exact) mass is 440 g/mol. The lowest BCUT2D eigenvalue weighted by Gasteiger charge is -2.40. The van der Waals surface area contributed by atoms with Crippen LogP contribution in [0.2, 0.25) is 0 Å². The zero-order valence-corrected chi connectivity index (χ0v) is 18.0. The van der Waals surface area contributed by atoms with Crippen LogP contribution in [-0.2, 0) is 0 Å². The number of nitrogens with one attached hydrogen (secondary N) is 1. The van der Waals surface area contributed by atoms with Gasteiger partial charge in [0, 0.05) is 40.8 Å². The van der Waals surface area contributed by atoms with Crippen molar-refractivity contribution in [2.45, 2.75) is 50.7 Å². The number of nitrogens with zero attached hydrogens (tertiary/aromatic N) is 2. The van der Waals surface area contributed by atoms with Crippen LogP contribution in [-0.4, -0.2) is 34.9 Å². The third kappa shape index (κ3) is 3.74. The quantitative estimate of drug-likeness (QED) is 0.645. The van der Waals surface area contributed by atoms with E-state index in [2.05, 4.69) is 15.2 Å². The third-order valence-electron chi connectivity index (χ3n) is 6.48. The Morgan fingerprint density at radius 2 is 1.87 bits per heavy atom. The predicted molar refractivity (Wildman–Crippen MR) is 121 cm³/mol. The summed E-state index contributed by atoms with van der Waals surface area (Å²) in [7, 11) is 0. The largest absolute Gasteiger partial charge is 0.464 e. The molecule has 0 spiro atoms. The summed E-state index contributed by atoms with van der Waals surface area (Å²) in [5.41, 5.74) is 8.03. The number of anilines is 1. The smallest absolute Gasteiger partial charge is 0.251 e. The number of furan rings is 1. The standard InChI is InChI=1S/C23H24N4O3.ClH/c1-13-19(6-2-14-8-9-30-21(13)14)23(29)26-16-10-17-4-5-18(11-16)27(17)20-7-3-15(12-25-20)22(24)28;/h2-3,6-9,12,16-18H,4-5,10-11H2,1H3,(H2,24,28)(H,26,29);1H/t16?,17-,18+;. The minimum atomic E-state index is -0.471. The minimum absolute atomic E-state index is 0. The molecule has 2 aromatic heterocycles. The van der Waals surface area contributed by atoms with Gasteiger partial charge in [0.05, 0.1) is 11.8 Å². The van der Waals surface area contributed by atoms with E-state index in [1.165, 1.54) is 0 Å². The Bertz CT molecular complexity index is 1110. The van der Waals surface area contributed by atoms with E-state index in [0.717, 1.165) is 48.0 Å². The second-order valence-electron chi connectivity index (χ2n) is 8.28. The number of aryl methyl sites for hydroxylation is 1. The SMILES string of the molecule is Cc1c(C(=O)NC2C[C@H]3CC[C@@H](C2)N3c2ccc(C(N)=O)cn2)ccc2ccoc12.Cl. The molecule has 2 bridgehead atoms. The number of amides is 2. The molecule has 3 atom stereocenters. The maximum atomic E-state index is 13.0. The highest BCUT2D eigenvalue weighted by Gasteiger charge is 2.41. The number of fused-ring (bicyclic) bond motifs is 3. The zero-order chi connectivity index (χ0) is 20.8. The zero-order valence-electron chi connectivity index (χ0n) is 17.2. The molecule has 3 N–H and O–H groups in total. The van der Waals surface area contributed by atoms with Crippen LogP contribution in [0.3, 0.4) is 0 Å². The van der Waals surface area contributed by atoms with Crippen LogP contribution in [0.5, 0.6) is 0 Å². The number of carbonyl (C=O) groups is 2. The van der Waals surface area contributed by atoms with E-state index >= 15 is 0 Å². The Hall–Kier alpha value is -3.06. The average Bonchev–Trinajstić information content (AvgIpc) is 3.31. The predicted octanol–water partition coefficient (Wildman–Crippen LogP) is 3.59. The molecule has 2 aliphatic heterocycles. The number of piperidine rings is 1. The van der Waals surface area contributed by atoms with Gasteiger partial charge in [-0.1, -0.05) is 6.07 Å². The average molecular weight is 441 g/mol. The molecule has 2 aliphatic rings. The van der Waals surface area contributed by atoms with E-state index in [9.17, 15) is 9.59 Å². The lowest BCUT2D eigenvalue weighted by atomic mass is 9.96. The fourth-order valence-corrected chi connectivity index (χ4v) is 5.04. The fraction of sp³-hybridized carbons (Fsp3) is 0.348. The van der Waals surface area contributed by atoms with Crippen molar-refractivity contribution in [2.24, 2.45) is 5.73 Å². The van der Waals surface area contributed by atoms with Gasteiger partial charge in [0.1, 0.15) is 11.4 Å². The van der Waals surface area contributed by atoms with Gasteiger partial charge >= 0.3 is 0 Å². The molecule has 2 fully saturated rings. The van der Waals surface area contributed by atoms with Crippen molar-refractivity contribution < 1.29 is 14.0 Å². The maximum Gasteiger partial charge on any atom is 0.251 e. The Morgan fingerprint density at radius 3 is 2.52 bits per heavy atom. The summed E-state index contributed by atoms with van der Waals surface area (Å²) in [5, 5.41) is 4.25. The van der Waals surface area contributed by atoms with Crippen molar-refractivity contribution >= 4 is 41.0 Å². The number of rotatable bonds is 4. The van der Waals surface area contributed by atoms with Crippen LogP contribution >= 0.6 is 12.4 Å². The molecule has 162 valence electrons. The summed E-state index contributed by atoms with van der Waals surface area (Å²) in [6, 6.07) is 10.1. The molecule has 1 unspecified atom stereocenters. The van der Waals surface area contributed by atoms with Crippen LogP contribution in [0.15, 0.2) is 47.2 Å². The lowest BCUT2D eigenvalue weighted by molar-refractivity contribution is 0.0925. The second-order valence-corrected chi connectivity index (χ2v) is 8.28. The molecule has 0 radical (unpaired) electrons. The first-order valence-corrected chi connectivity index (χ1v) is 10.3. The molecule has 31 heavy (non-hydrogen) atoms. The highest BCUT2D eigenvalue weighted by molar-refractivity contribution is 6.00. The van der Waals surface area contributed by atoms with E-state index < -0.39 is 5.91 Å². The number of nitrogens with two attached hydrogens (primary N) is 1. The molecule has 2 saturated heterocycles. The molecule has 7 nitrogen and oxygen atoms in total. The van der Waals surface area contributed by atoms with Crippen LogP contribution in [0, 0.1) is 6.92 Å². The molecular formula is C23H25ClN4O3. The van der Waals surface area contributed by atoms with Gasteiger partial charge in [0.25, 0.3) is 5.91 Å². The first kappa shape index (κ1) is 21.2. The Balaban J connectivity index is 0.00000231. The topological polar surface area (TPSA) is 101 Å². The number of pyridine rings is 1. The first-order chi connectivity index (χ1) is 14.5. The molecule has 2 amide bonds. The highest BCUT2D eigenvalue weighted by atomic mass is 35.5. The molecule has 3 aromatic rings. The fourth-order valence-electron chi connectivity index (χ4n) is 5.04. The molecule has 0 aliphatic carbocycles. The number of carbonyl (C=O) groups excluding carboxylic acids is 2. The number of hydrogen-bond acceptors (Lipinski definition) is 5. The van der Waals surface area contributed by atoms with Gasteiger partial charge in [-0.2, -0.15) is 0 Å². The maximum absolute atomic E-state index is 13.0. The second kappa shape index (κ2) is 8.23. The van der Waals surface area contributed by atoms with E-state index in [1.807, 2.05) is 31.2 Å². The number of halogens is 1. The van der Waals surface area contributed by atoms with Crippen LogP contribution in [0.4, 0.5) is 5.82 Å². The van der Waals surface area contributed by atoms with Gasteiger partial charge in [-0.25, -0.2) is 4.98 Å². The van der Waals surface area contributed by atoms with Crippen molar-refractivity contribution in [3.05, 3.63) is 59.5 Å². The molecule has 1 aromatic carbocycles. The van der Waals surface area contributed by atoms with Gasteiger partial charge in [0.2, 0.25) is 5.91 Å². The van der Waals surface area contributed by atoms with Gasteiger partial charge in [-0.05, 0) is 56.9 Å². The first-order valence-electron chi connectivity index (χ1n) is 10.3. The normalized spacial score (nSPS) is 22.2. The molecule has 5 rings (SSSR count). The summed E-state index contributed by atoms with van der Waals surface area (Å²) >= 11 is 0. The number of primary amides is 1. The summed E-state index contributed by atoms with van der Waals surface area (Å²) in [5.74, 6) is 0.352. The van der Waals surface area contributed by atoms with E-state index in [4.69, 9.17) is 10.2 Å². The summed E-state index contributed by atoms with van der Waals surface area (Å²) < 4.78 is 5.54. The van der Waals surface area contributed by atoms with Crippen molar-refractivity contribution in [1.29, 1.82) is 0 Å². The van der Waals surface area contributed by atoms with E-state index in [0.29, 0.717) is 23.2 Å². The highest BCUT2D eigenvalue weighted by Crippen LogP contribution is 2.38. The van der Waals surface area contributed by atoms with Gasteiger partial charge < -0.3 is 20.4 Å². The van der Waals surface area contributed by atoms with E-state index in [1.54, 1.807) is 18.5 Å². The van der Waals surface area contributed by atoms with Crippen molar-refractivity contribution in [3.8, 4) is 0 Å². The van der Waals surface area contributed by atoms with Crippen molar-refractivity contribution in [2.75, 3.05) is 4.90 Å². The summed E-state index contributed by atoms with van der Waals surface area (Å²) in [6.45, 7) is 1.93.